The molecule has 0 aliphatic rings. The maximum atomic E-state index is 14.9. The molecule has 4 aromatic carbocycles. The Hall–Kier alpha value is -3.62. The Morgan fingerprint density at radius 2 is 1.64 bits per heavy atom. The molecule has 0 amide bonds. The van der Waals surface area contributed by atoms with Crippen molar-refractivity contribution in [1.82, 2.24) is 4.31 Å². The first kappa shape index (κ1) is 33.3. The third kappa shape index (κ3) is 7.02. The number of hydrogen-bond acceptors (Lipinski definition) is 6. The highest BCUT2D eigenvalue weighted by Crippen LogP contribution is 2.64. The first-order chi connectivity index (χ1) is 20.8. The predicted molar refractivity (Wildman–Crippen MR) is 163 cm³/mol. The lowest BCUT2D eigenvalue weighted by atomic mass is 10.0. The molecule has 44 heavy (non-hydrogen) atoms. The van der Waals surface area contributed by atoms with Crippen molar-refractivity contribution >= 4 is 29.2 Å². The fraction of sp³-hybridized carbons (Fsp3) is 0.161. The molecule has 1 unspecified atom stereocenters. The number of alkyl halides is 2. The van der Waals surface area contributed by atoms with E-state index in [1.54, 1.807) is 54.6 Å². The summed E-state index contributed by atoms with van der Waals surface area (Å²) in [5, 5.41) is 8.66. The largest absolute Gasteiger partial charge is 0.495 e. The highest BCUT2D eigenvalue weighted by molar-refractivity contribution is 7.89. The lowest BCUT2D eigenvalue weighted by molar-refractivity contribution is 0.0479. The van der Waals surface area contributed by atoms with Crippen LogP contribution >= 0.6 is 19.2 Å². The second-order valence-corrected chi connectivity index (χ2v) is 13.7. The van der Waals surface area contributed by atoms with Gasteiger partial charge in [-0.05, 0) is 59.5 Å². The molecule has 1 N–H and O–H groups in total. The highest BCUT2D eigenvalue weighted by atomic mass is 35.5. The van der Waals surface area contributed by atoms with E-state index < -0.39 is 40.5 Å². The van der Waals surface area contributed by atoms with E-state index in [-0.39, 0.29) is 29.3 Å². The summed E-state index contributed by atoms with van der Waals surface area (Å²) in [4.78, 5) is 9.67. The van der Waals surface area contributed by atoms with Crippen LogP contribution in [0.1, 0.15) is 22.3 Å². The lowest BCUT2D eigenvalue weighted by Gasteiger charge is -2.25. The summed E-state index contributed by atoms with van der Waals surface area (Å²) >= 11 is 6.15. The van der Waals surface area contributed by atoms with Gasteiger partial charge < -0.3 is 14.2 Å². The first-order valence-corrected chi connectivity index (χ1v) is 16.4. The summed E-state index contributed by atoms with van der Waals surface area (Å²) in [5.74, 6) is 0.113. The summed E-state index contributed by atoms with van der Waals surface area (Å²) in [5.41, 5.74) is -2.30. The number of hydrogen-bond donors (Lipinski definition) is 1. The van der Waals surface area contributed by atoms with Crippen LogP contribution in [-0.4, -0.2) is 31.3 Å². The van der Waals surface area contributed by atoms with Crippen LogP contribution in [0, 0.1) is 18.3 Å². The van der Waals surface area contributed by atoms with Crippen LogP contribution in [0.5, 0.6) is 5.75 Å². The zero-order valence-corrected chi connectivity index (χ0v) is 25.8. The Morgan fingerprint density at radius 1 is 0.977 bits per heavy atom. The van der Waals surface area contributed by atoms with Crippen molar-refractivity contribution in [3.8, 4) is 22.9 Å². The molecule has 1 atom stereocenters. The lowest BCUT2D eigenvalue weighted by Crippen LogP contribution is -2.30. The molecular weight excluding hydrogens is 633 g/mol. The number of sulfonamides is 1. The molecule has 8 nitrogen and oxygen atoms in total. The molecule has 0 aliphatic carbocycles. The quantitative estimate of drug-likeness (QED) is 0.158. The van der Waals surface area contributed by atoms with Crippen molar-refractivity contribution in [2.75, 3.05) is 13.7 Å². The van der Waals surface area contributed by atoms with Gasteiger partial charge in [0.05, 0.1) is 35.9 Å². The molecule has 0 bridgehead atoms. The molecular formula is C31H27ClF2N2O6PS. The first-order valence-electron chi connectivity index (χ1n) is 13.0. The minimum Gasteiger partial charge on any atom is -0.495 e. The third-order valence-corrected chi connectivity index (χ3v) is 10.3. The molecule has 0 fully saturated rings. The Morgan fingerprint density at radius 3 is 2.27 bits per heavy atom. The zero-order valence-electron chi connectivity index (χ0n) is 23.4. The van der Waals surface area contributed by atoms with E-state index in [2.05, 4.69) is 17.5 Å². The standard InChI is InChI=1S/C31H27ClF2N2O6PS/c1-3-42-43(37,38)31(33,34)27-16-13-24(18-28(27)32)21-36(44(39,40)30-10-5-4-9-29(30)41-2)20-22-11-14-25(15-12-22)26-8-6-7-23(17-26)19-35/h4-18H,1,3,20-21H2,2H3,(H,37,38). The highest BCUT2D eigenvalue weighted by Gasteiger charge is 2.53. The van der Waals surface area contributed by atoms with Crippen molar-refractivity contribution < 1.29 is 35.9 Å². The maximum absolute atomic E-state index is 14.9. The Kier molecular flexibility index (Phi) is 10.3. The van der Waals surface area contributed by atoms with Gasteiger partial charge in [-0.15, -0.1) is 0 Å². The van der Waals surface area contributed by atoms with Crippen LogP contribution in [0.4, 0.5) is 8.78 Å². The van der Waals surface area contributed by atoms with Gasteiger partial charge in [0.2, 0.25) is 10.0 Å². The molecule has 0 saturated heterocycles. The Bertz CT molecular complexity index is 1850. The van der Waals surface area contributed by atoms with Crippen molar-refractivity contribution in [3.05, 3.63) is 125 Å². The average molecular weight is 660 g/mol. The second-order valence-electron chi connectivity index (χ2n) is 9.52. The minimum atomic E-state index is -5.46. The minimum absolute atomic E-state index is 0.103. The molecule has 0 spiro atoms. The van der Waals surface area contributed by atoms with Gasteiger partial charge in [0.15, 0.2) is 0 Å². The third-order valence-electron chi connectivity index (χ3n) is 6.66. The molecule has 0 heterocycles. The zero-order chi connectivity index (χ0) is 32.1. The van der Waals surface area contributed by atoms with Crippen molar-refractivity contribution in [2.45, 2.75) is 23.6 Å². The van der Waals surface area contributed by atoms with E-state index in [0.717, 1.165) is 27.6 Å². The molecule has 4 aromatic rings. The number of ether oxygens (including phenoxy) is 1. The molecule has 13 heteroatoms. The van der Waals surface area contributed by atoms with Gasteiger partial charge in [0.1, 0.15) is 10.6 Å². The normalized spacial score (nSPS) is 13.3. The van der Waals surface area contributed by atoms with Crippen molar-refractivity contribution in [3.63, 3.8) is 0 Å². The number of nitrogens with zero attached hydrogens (tertiary/aromatic N) is 2. The van der Waals surface area contributed by atoms with Crippen LogP contribution in [0.25, 0.3) is 11.1 Å². The molecule has 229 valence electrons. The van der Waals surface area contributed by atoms with E-state index in [1.807, 2.05) is 6.07 Å². The number of halogens is 3. The van der Waals surface area contributed by atoms with Crippen molar-refractivity contribution in [2.24, 2.45) is 0 Å². The van der Waals surface area contributed by atoms with Crippen molar-refractivity contribution in [1.29, 1.82) is 5.26 Å². The Balaban J connectivity index is 1.71. The van der Waals surface area contributed by atoms with E-state index in [9.17, 15) is 31.9 Å². The topological polar surface area (TPSA) is 117 Å². The van der Waals surface area contributed by atoms with E-state index in [1.165, 1.54) is 25.3 Å². The van der Waals surface area contributed by atoms with Gasteiger partial charge in [-0.2, -0.15) is 18.3 Å². The summed E-state index contributed by atoms with van der Waals surface area (Å²) in [7, 11) is -8.34. The van der Waals surface area contributed by atoms with Gasteiger partial charge in [0.25, 0.3) is 0 Å². The fourth-order valence-corrected chi connectivity index (χ4v) is 7.30. The molecule has 0 saturated carbocycles. The van der Waals surface area contributed by atoms with Crippen LogP contribution in [0.3, 0.4) is 0 Å². The fourth-order valence-electron chi connectivity index (χ4n) is 4.43. The summed E-state index contributed by atoms with van der Waals surface area (Å²) < 4.78 is 80.5. The van der Waals surface area contributed by atoms with Gasteiger partial charge >= 0.3 is 13.3 Å². The molecule has 4 rings (SSSR count). The molecule has 0 aromatic heterocycles. The van der Waals surface area contributed by atoms with Gasteiger partial charge in [-0.1, -0.05) is 72.3 Å². The smallest absolute Gasteiger partial charge is 0.401 e. The van der Waals surface area contributed by atoms with E-state index in [0.29, 0.717) is 11.1 Å². The van der Waals surface area contributed by atoms with E-state index >= 15 is 0 Å². The number of nitriles is 1. The monoisotopic (exact) mass is 659 g/mol. The number of para-hydroxylation sites is 1. The van der Waals surface area contributed by atoms with Gasteiger partial charge in [0, 0.05) is 13.1 Å². The number of methoxy groups -OCH3 is 1. The van der Waals surface area contributed by atoms with Crippen LogP contribution in [0.15, 0.2) is 95.9 Å². The Labute approximate surface area is 259 Å². The predicted octanol–water partition coefficient (Wildman–Crippen LogP) is 7.36. The SMILES string of the molecule is [CH2]COP(=O)(O)C(F)(F)c1ccc(CN(Cc2ccc(-c3cccc(C#N)c3)cc2)S(=O)(=O)c2ccccc2OC)cc1Cl. The van der Waals surface area contributed by atoms with Crippen LogP contribution < -0.4 is 4.74 Å². The second kappa shape index (κ2) is 13.6. The summed E-state index contributed by atoms with van der Waals surface area (Å²) in [6.07, 6.45) is 0. The average Bonchev–Trinajstić information content (AvgIpc) is 3.01. The summed E-state index contributed by atoms with van der Waals surface area (Å²) in [6, 6.07) is 25.5. The summed E-state index contributed by atoms with van der Waals surface area (Å²) in [6.45, 7) is 2.10. The van der Waals surface area contributed by atoms with Crippen LogP contribution in [0.2, 0.25) is 5.02 Å². The van der Waals surface area contributed by atoms with Gasteiger partial charge in [-0.25, -0.2) is 8.42 Å². The van der Waals surface area contributed by atoms with E-state index in [4.69, 9.17) is 16.3 Å². The number of benzene rings is 4. The van der Waals surface area contributed by atoms with Gasteiger partial charge in [-0.3, -0.25) is 4.57 Å². The van der Waals surface area contributed by atoms with Crippen LogP contribution in [-0.2, 0) is 37.9 Å². The molecule has 0 aliphatic heterocycles. The molecule has 1 radical (unpaired) electrons. The maximum Gasteiger partial charge on any atom is 0.401 e. The number of rotatable bonds is 12.